The number of aromatic nitrogens is 1. The van der Waals surface area contributed by atoms with E-state index in [4.69, 9.17) is 11.6 Å². The zero-order valence-electron chi connectivity index (χ0n) is 14.5. The zero-order valence-corrected chi connectivity index (χ0v) is 16.1. The van der Waals surface area contributed by atoms with Crippen molar-refractivity contribution in [3.8, 4) is 0 Å². The molecular formula is C17H16ClF5N2OS. The van der Waals surface area contributed by atoms with Gasteiger partial charge >= 0.3 is 6.18 Å². The van der Waals surface area contributed by atoms with Crippen molar-refractivity contribution in [2.75, 3.05) is 0 Å². The van der Waals surface area contributed by atoms with Crippen LogP contribution in [-0.4, -0.2) is 14.3 Å². The van der Waals surface area contributed by atoms with Crippen molar-refractivity contribution >= 4 is 23.0 Å². The second-order valence-corrected chi connectivity index (χ2v) is 9.05. The quantitative estimate of drug-likeness (QED) is 0.416. The number of benzene rings is 1. The van der Waals surface area contributed by atoms with Crippen molar-refractivity contribution in [2.24, 2.45) is 0 Å². The van der Waals surface area contributed by atoms with Gasteiger partial charge in [0.1, 0.15) is 33.1 Å². The molecule has 2 aromatic rings. The van der Waals surface area contributed by atoms with Crippen molar-refractivity contribution in [3.05, 3.63) is 63.9 Å². The summed E-state index contributed by atoms with van der Waals surface area (Å²) >= 11 is 3.89. The summed E-state index contributed by atoms with van der Waals surface area (Å²) < 4.78 is 80.5. The maximum Gasteiger partial charge on any atom is 0.433 e. The lowest BCUT2D eigenvalue weighted by Crippen LogP contribution is -2.41. The van der Waals surface area contributed by atoms with E-state index in [0.717, 1.165) is 30.5 Å². The molecule has 0 bridgehead atoms. The highest BCUT2D eigenvalue weighted by Gasteiger charge is 2.35. The third-order valence-electron chi connectivity index (χ3n) is 3.57. The van der Waals surface area contributed by atoms with E-state index in [1.807, 2.05) is 0 Å². The first-order chi connectivity index (χ1) is 12.3. The van der Waals surface area contributed by atoms with Gasteiger partial charge in [-0.2, -0.15) is 13.2 Å². The van der Waals surface area contributed by atoms with Crippen molar-refractivity contribution in [2.45, 2.75) is 37.7 Å². The van der Waals surface area contributed by atoms with Crippen molar-refractivity contribution in [3.63, 3.8) is 0 Å². The highest BCUT2D eigenvalue weighted by molar-refractivity contribution is 7.90. The average Bonchev–Trinajstić information content (AvgIpc) is 2.56. The number of hydrogen-bond acceptors (Lipinski definition) is 3. The number of rotatable bonds is 4. The summed E-state index contributed by atoms with van der Waals surface area (Å²) in [5.41, 5.74) is -1.18. The van der Waals surface area contributed by atoms with Gasteiger partial charge in [0, 0.05) is 23.1 Å². The van der Waals surface area contributed by atoms with Gasteiger partial charge in [-0.3, -0.25) is 4.98 Å². The van der Waals surface area contributed by atoms with Gasteiger partial charge in [-0.15, -0.1) is 4.72 Å². The average molecular weight is 427 g/mol. The molecule has 2 atom stereocenters. The molecule has 10 heteroatoms. The van der Waals surface area contributed by atoms with Gasteiger partial charge in [-0.25, -0.2) is 8.78 Å². The molecule has 0 fully saturated rings. The minimum atomic E-state index is -4.64. The number of halogens is 6. The Morgan fingerprint density at radius 3 is 2.22 bits per heavy atom. The number of hydrogen-bond donors (Lipinski definition) is 1. The Balaban J connectivity index is 2.52. The van der Waals surface area contributed by atoms with Crippen LogP contribution < -0.4 is 4.72 Å². The van der Waals surface area contributed by atoms with Crippen LogP contribution in [-0.2, 0) is 17.5 Å². The summed E-state index contributed by atoms with van der Waals surface area (Å²) in [7, 11) is 0. The van der Waals surface area contributed by atoms with Crippen LogP contribution in [0.2, 0.25) is 5.02 Å². The fraction of sp³-hybridized carbons (Fsp3) is 0.353. The Morgan fingerprint density at radius 1 is 1.11 bits per heavy atom. The maximum absolute atomic E-state index is 14.5. The molecule has 0 spiro atoms. The van der Waals surface area contributed by atoms with Crippen LogP contribution in [0.5, 0.6) is 0 Å². The molecule has 0 saturated heterocycles. The van der Waals surface area contributed by atoms with Crippen molar-refractivity contribution in [1.82, 2.24) is 9.71 Å². The van der Waals surface area contributed by atoms with Gasteiger partial charge in [0.05, 0.1) is 0 Å². The van der Waals surface area contributed by atoms with E-state index in [0.29, 0.717) is 0 Å². The number of nitrogens with zero attached hydrogens (tertiary/aromatic N) is 1. The molecule has 1 aromatic carbocycles. The second kappa shape index (κ2) is 7.90. The van der Waals surface area contributed by atoms with Gasteiger partial charge in [0.25, 0.3) is 0 Å². The molecule has 0 aliphatic carbocycles. The topological polar surface area (TPSA) is 48.0 Å². The summed E-state index contributed by atoms with van der Waals surface area (Å²) in [6.45, 7) is 4.98. The summed E-state index contributed by atoms with van der Waals surface area (Å²) in [6, 6.07) is 2.67. The fourth-order valence-corrected chi connectivity index (χ4v) is 3.11. The van der Waals surface area contributed by atoms with E-state index in [2.05, 4.69) is 9.71 Å². The van der Waals surface area contributed by atoms with Crippen LogP contribution in [0.15, 0.2) is 30.5 Å². The van der Waals surface area contributed by atoms with E-state index in [9.17, 15) is 26.5 Å². The summed E-state index contributed by atoms with van der Waals surface area (Å²) in [5, 5.41) is -0.763. The fourth-order valence-electron chi connectivity index (χ4n) is 2.10. The SMILES string of the molecule is CC(C)(C)[S+]([O-])N[C@H](c1ccc(C(F)(F)F)nc1)c1ccc(F)c(Cl)c1F. The van der Waals surface area contributed by atoms with E-state index in [1.165, 1.54) is 0 Å². The molecule has 148 valence electrons. The van der Waals surface area contributed by atoms with E-state index in [1.54, 1.807) is 20.8 Å². The van der Waals surface area contributed by atoms with Crippen LogP contribution in [0, 0.1) is 11.6 Å². The lowest BCUT2D eigenvalue weighted by Gasteiger charge is -2.28. The van der Waals surface area contributed by atoms with E-state index in [-0.39, 0.29) is 11.1 Å². The Hall–Kier alpha value is -1.42. The molecule has 0 saturated carbocycles. The molecule has 1 aromatic heterocycles. The normalized spacial score (nSPS) is 14.9. The van der Waals surface area contributed by atoms with Gasteiger partial charge < -0.3 is 4.55 Å². The summed E-state index contributed by atoms with van der Waals surface area (Å²) in [6.07, 6.45) is -3.74. The van der Waals surface area contributed by atoms with Gasteiger partial charge in [0.15, 0.2) is 0 Å². The van der Waals surface area contributed by atoms with Gasteiger partial charge in [-0.1, -0.05) is 23.7 Å². The predicted octanol–water partition coefficient (Wildman–Crippen LogP) is 5.17. The van der Waals surface area contributed by atoms with Crippen LogP contribution in [0.1, 0.15) is 43.6 Å². The smallest absolute Gasteiger partial charge is 0.433 e. The number of pyridine rings is 1. The van der Waals surface area contributed by atoms with E-state index < -0.39 is 50.7 Å². The Kier molecular flexibility index (Phi) is 6.40. The first-order valence-electron chi connectivity index (χ1n) is 7.67. The van der Waals surface area contributed by atoms with Crippen LogP contribution in [0.3, 0.4) is 0 Å². The standard InChI is InChI=1S/C17H16ClF5N2OS/c1-16(2,3)27(26)25-15(10-5-6-11(19)13(18)14(10)20)9-4-7-12(24-8-9)17(21,22)23/h4-8,15,25H,1-3H3/t15-,27?/m1/s1. The minimum absolute atomic E-state index is 0.113. The van der Waals surface area contributed by atoms with Gasteiger partial charge in [0.2, 0.25) is 0 Å². The third-order valence-corrected chi connectivity index (χ3v) is 5.48. The first-order valence-corrected chi connectivity index (χ1v) is 9.19. The van der Waals surface area contributed by atoms with Gasteiger partial charge in [-0.05, 0) is 38.5 Å². The molecule has 1 heterocycles. The first kappa shape index (κ1) is 21.9. The van der Waals surface area contributed by atoms with Crippen LogP contribution in [0.25, 0.3) is 0 Å². The molecule has 0 amide bonds. The maximum atomic E-state index is 14.5. The zero-order chi connectivity index (χ0) is 20.6. The molecule has 2 rings (SSSR count). The second-order valence-electron chi connectivity index (χ2n) is 6.67. The van der Waals surface area contributed by atoms with E-state index >= 15 is 0 Å². The largest absolute Gasteiger partial charge is 0.598 e. The molecular weight excluding hydrogens is 411 g/mol. The Bertz CT molecular complexity index is 809. The molecule has 3 nitrogen and oxygen atoms in total. The lowest BCUT2D eigenvalue weighted by molar-refractivity contribution is -0.141. The number of alkyl halides is 3. The molecule has 27 heavy (non-hydrogen) atoms. The molecule has 1 N–H and O–H groups in total. The third kappa shape index (κ3) is 5.10. The molecule has 1 unspecified atom stereocenters. The highest BCUT2D eigenvalue weighted by Crippen LogP contribution is 2.33. The summed E-state index contributed by atoms with van der Waals surface area (Å²) in [4.78, 5) is 3.34. The van der Waals surface area contributed by atoms with Crippen LogP contribution >= 0.6 is 11.6 Å². The van der Waals surface area contributed by atoms with Crippen LogP contribution in [0.4, 0.5) is 22.0 Å². The molecule has 0 aliphatic rings. The monoisotopic (exact) mass is 426 g/mol. The highest BCUT2D eigenvalue weighted by atomic mass is 35.5. The van der Waals surface area contributed by atoms with Crippen molar-refractivity contribution in [1.29, 1.82) is 0 Å². The predicted molar refractivity (Wildman–Crippen MR) is 93.5 cm³/mol. The Morgan fingerprint density at radius 2 is 1.74 bits per heavy atom. The molecule has 0 radical (unpaired) electrons. The summed E-state index contributed by atoms with van der Waals surface area (Å²) in [5.74, 6) is -2.08. The lowest BCUT2D eigenvalue weighted by atomic mass is 10.00. The molecule has 0 aliphatic heterocycles. The Labute approximate surface area is 161 Å². The number of nitrogens with one attached hydrogen (secondary N) is 1. The van der Waals surface area contributed by atoms with Crippen molar-refractivity contribution < 1.29 is 26.5 Å². The minimum Gasteiger partial charge on any atom is -0.598 e.